The molecule has 10 heteroatoms. The molecule has 0 amide bonds. The molecule has 38 heavy (non-hydrogen) atoms. The van der Waals surface area contributed by atoms with Crippen LogP contribution < -0.4 is 15.2 Å². The van der Waals surface area contributed by atoms with Crippen LogP contribution in [-0.4, -0.2) is 41.6 Å². The monoisotopic (exact) mass is 510 g/mol. The number of nitrogens with one attached hydrogen (secondary N) is 1. The third-order valence-corrected chi connectivity index (χ3v) is 6.44. The molecule has 190 valence electrons. The van der Waals surface area contributed by atoms with Crippen LogP contribution in [0, 0.1) is 11.3 Å². The van der Waals surface area contributed by atoms with Gasteiger partial charge in [-0.15, -0.1) is 5.10 Å². The molecule has 5 aromatic rings. The number of aromatic amines is 1. The van der Waals surface area contributed by atoms with Crippen molar-refractivity contribution in [2.45, 2.75) is 18.9 Å². The first-order chi connectivity index (χ1) is 18.6. The zero-order valence-electron chi connectivity index (χ0n) is 20.4. The zero-order chi connectivity index (χ0) is 26.1. The number of hydrogen-bond donors (Lipinski definition) is 1. The van der Waals surface area contributed by atoms with Gasteiger partial charge in [0.15, 0.2) is 5.58 Å². The Morgan fingerprint density at radius 3 is 2.61 bits per heavy atom. The number of aromatic nitrogens is 3. The Hall–Kier alpha value is -4.88. The van der Waals surface area contributed by atoms with E-state index >= 15 is 0 Å². The highest BCUT2D eigenvalue weighted by molar-refractivity contribution is 5.93. The third kappa shape index (κ3) is 4.40. The molecule has 0 saturated carbocycles. The molecule has 1 N–H and O–H groups in total. The summed E-state index contributed by atoms with van der Waals surface area (Å²) in [5.74, 6) is 1.14. The molecule has 0 atom stereocenters. The van der Waals surface area contributed by atoms with E-state index in [-0.39, 0.29) is 12.0 Å². The number of fused-ring (bicyclic) bond motifs is 1. The average molecular weight is 511 g/mol. The van der Waals surface area contributed by atoms with E-state index in [2.05, 4.69) is 21.3 Å². The molecule has 1 fully saturated rings. The van der Waals surface area contributed by atoms with Gasteiger partial charge in [0.25, 0.3) is 0 Å². The van der Waals surface area contributed by atoms with Gasteiger partial charge in [0, 0.05) is 36.2 Å². The summed E-state index contributed by atoms with van der Waals surface area (Å²) in [6, 6.07) is 16.8. The van der Waals surface area contributed by atoms with Gasteiger partial charge in [0.05, 0.1) is 31.5 Å². The van der Waals surface area contributed by atoms with Crippen LogP contribution in [0.15, 0.2) is 68.4 Å². The normalized spacial score (nSPS) is 13.9. The van der Waals surface area contributed by atoms with Crippen LogP contribution in [0.5, 0.6) is 11.5 Å². The molecule has 0 bridgehead atoms. The Morgan fingerprint density at radius 2 is 1.84 bits per heavy atom. The number of furan rings is 1. The molecule has 0 unspecified atom stereocenters. The lowest BCUT2D eigenvalue weighted by molar-refractivity contribution is 0.0254. The van der Waals surface area contributed by atoms with E-state index in [1.165, 1.54) is 0 Å². The number of rotatable bonds is 6. The van der Waals surface area contributed by atoms with Crippen LogP contribution in [-0.2, 0) is 4.74 Å². The minimum atomic E-state index is -0.637. The van der Waals surface area contributed by atoms with Gasteiger partial charge < -0.3 is 23.0 Å². The smallest absolute Gasteiger partial charge is 0.434 e. The van der Waals surface area contributed by atoms with Crippen LogP contribution in [0.2, 0.25) is 0 Å². The second kappa shape index (κ2) is 9.88. The van der Waals surface area contributed by atoms with Gasteiger partial charge in [-0.05, 0) is 42.0 Å². The van der Waals surface area contributed by atoms with Gasteiger partial charge in [-0.25, -0.2) is 9.89 Å². The SMILES string of the molecule is COc1cc(-c2n[nH]c(=O)o2)ccc1-c1cc2nccc(-c3ccc(OC4CCOCC4)c(C#N)c3)c2o1. The van der Waals surface area contributed by atoms with E-state index in [0.29, 0.717) is 58.3 Å². The highest BCUT2D eigenvalue weighted by atomic mass is 16.5. The molecule has 0 aliphatic carbocycles. The molecule has 3 aromatic heterocycles. The van der Waals surface area contributed by atoms with Crippen LogP contribution in [0.3, 0.4) is 0 Å². The number of pyridine rings is 1. The summed E-state index contributed by atoms with van der Waals surface area (Å²) in [7, 11) is 1.54. The van der Waals surface area contributed by atoms with Crippen LogP contribution in [0.1, 0.15) is 18.4 Å². The number of nitriles is 1. The fourth-order valence-electron chi connectivity index (χ4n) is 4.54. The van der Waals surface area contributed by atoms with E-state index in [4.69, 9.17) is 23.0 Å². The lowest BCUT2D eigenvalue weighted by Crippen LogP contribution is -2.26. The number of nitrogens with zero attached hydrogens (tertiary/aromatic N) is 3. The average Bonchev–Trinajstić information content (AvgIpc) is 3.60. The summed E-state index contributed by atoms with van der Waals surface area (Å²) in [5, 5.41) is 15.9. The molecular formula is C28H22N4O6. The van der Waals surface area contributed by atoms with E-state index < -0.39 is 5.76 Å². The predicted octanol–water partition coefficient (Wildman–Crippen LogP) is 4.94. The Kier molecular flexibility index (Phi) is 6.11. The first-order valence-electron chi connectivity index (χ1n) is 12.0. The van der Waals surface area contributed by atoms with Gasteiger partial charge in [-0.1, -0.05) is 6.07 Å². The van der Waals surface area contributed by atoms with Crippen molar-refractivity contribution in [2.24, 2.45) is 0 Å². The Bertz CT molecular complexity index is 1720. The maximum Gasteiger partial charge on any atom is 0.434 e. The van der Waals surface area contributed by atoms with E-state index in [1.807, 2.05) is 24.3 Å². The summed E-state index contributed by atoms with van der Waals surface area (Å²) in [6.07, 6.45) is 3.34. The quantitative estimate of drug-likeness (QED) is 0.337. The predicted molar refractivity (Wildman–Crippen MR) is 137 cm³/mol. The second-order valence-corrected chi connectivity index (χ2v) is 8.77. The van der Waals surface area contributed by atoms with Gasteiger partial charge in [-0.3, -0.25) is 4.98 Å². The number of ether oxygens (including phenoxy) is 3. The topological polar surface area (TPSA) is 136 Å². The number of H-pyrrole nitrogens is 1. The molecule has 10 nitrogen and oxygen atoms in total. The standard InChI is InChI=1S/C28H22N4O6/c1-34-24-13-17(27-31-32-28(33)38-27)2-4-21(24)25-14-22-26(37-25)20(6-9-30-22)16-3-5-23(18(12-16)15-29)36-19-7-10-35-11-8-19/h2-6,9,12-14,19H,7-8,10-11H2,1H3,(H,32,33). The van der Waals surface area contributed by atoms with Crippen molar-refractivity contribution in [3.63, 3.8) is 0 Å². The minimum Gasteiger partial charge on any atom is -0.496 e. The maximum absolute atomic E-state index is 11.3. The molecule has 1 aliphatic heterocycles. The zero-order valence-corrected chi connectivity index (χ0v) is 20.4. The summed E-state index contributed by atoms with van der Waals surface area (Å²) in [4.78, 5) is 15.8. The number of hydrogen-bond acceptors (Lipinski definition) is 9. The third-order valence-electron chi connectivity index (χ3n) is 6.44. The maximum atomic E-state index is 11.3. The largest absolute Gasteiger partial charge is 0.496 e. The van der Waals surface area contributed by atoms with Gasteiger partial charge >= 0.3 is 5.76 Å². The van der Waals surface area contributed by atoms with Gasteiger partial charge in [-0.2, -0.15) is 5.26 Å². The molecule has 0 spiro atoms. The molecule has 4 heterocycles. The Balaban J connectivity index is 1.36. The van der Waals surface area contributed by atoms with Crippen molar-refractivity contribution in [1.82, 2.24) is 15.2 Å². The fourth-order valence-corrected chi connectivity index (χ4v) is 4.54. The van der Waals surface area contributed by atoms with Crippen molar-refractivity contribution in [1.29, 1.82) is 5.26 Å². The second-order valence-electron chi connectivity index (χ2n) is 8.77. The Morgan fingerprint density at radius 1 is 1.00 bits per heavy atom. The summed E-state index contributed by atoms with van der Waals surface area (Å²) < 4.78 is 28.4. The minimum absolute atomic E-state index is 0.0346. The van der Waals surface area contributed by atoms with Crippen molar-refractivity contribution < 1.29 is 23.0 Å². The van der Waals surface area contributed by atoms with Crippen molar-refractivity contribution in [2.75, 3.05) is 20.3 Å². The van der Waals surface area contributed by atoms with Crippen LogP contribution in [0.25, 0.3) is 45.0 Å². The van der Waals surface area contributed by atoms with E-state index in [9.17, 15) is 10.1 Å². The lowest BCUT2D eigenvalue weighted by Gasteiger charge is -2.23. The van der Waals surface area contributed by atoms with Crippen molar-refractivity contribution >= 4 is 11.1 Å². The van der Waals surface area contributed by atoms with Crippen LogP contribution >= 0.6 is 0 Å². The highest BCUT2D eigenvalue weighted by Gasteiger charge is 2.20. The van der Waals surface area contributed by atoms with Gasteiger partial charge in [0.1, 0.15) is 34.9 Å². The number of benzene rings is 2. The molecule has 1 saturated heterocycles. The molecule has 1 aliphatic rings. The summed E-state index contributed by atoms with van der Waals surface area (Å²) in [5.41, 5.74) is 4.56. The fraction of sp³-hybridized carbons (Fsp3) is 0.214. The molecule has 6 rings (SSSR count). The van der Waals surface area contributed by atoms with E-state index in [1.54, 1.807) is 37.6 Å². The highest BCUT2D eigenvalue weighted by Crippen LogP contribution is 2.39. The number of methoxy groups -OCH3 is 1. The summed E-state index contributed by atoms with van der Waals surface area (Å²) >= 11 is 0. The summed E-state index contributed by atoms with van der Waals surface area (Å²) in [6.45, 7) is 1.32. The van der Waals surface area contributed by atoms with Crippen LogP contribution in [0.4, 0.5) is 0 Å². The first kappa shape index (κ1) is 23.5. The molecular weight excluding hydrogens is 488 g/mol. The van der Waals surface area contributed by atoms with Gasteiger partial charge in [0.2, 0.25) is 5.89 Å². The molecule has 0 radical (unpaired) electrons. The first-order valence-corrected chi connectivity index (χ1v) is 12.0. The van der Waals surface area contributed by atoms with Crippen molar-refractivity contribution in [3.8, 4) is 51.5 Å². The van der Waals surface area contributed by atoms with Crippen molar-refractivity contribution in [3.05, 3.63) is 70.8 Å². The molecule has 2 aromatic carbocycles. The lowest BCUT2D eigenvalue weighted by atomic mass is 10.0. The Labute approximate surface area is 216 Å². The van der Waals surface area contributed by atoms with E-state index in [0.717, 1.165) is 24.0 Å².